The van der Waals surface area contributed by atoms with E-state index in [-0.39, 0.29) is 149 Å². The second-order valence-corrected chi connectivity index (χ2v) is 25.8. The van der Waals surface area contributed by atoms with E-state index in [0.717, 1.165) is 96.5 Å². The van der Waals surface area contributed by atoms with Crippen LogP contribution in [0.2, 0.25) is 0 Å². The summed E-state index contributed by atoms with van der Waals surface area (Å²) in [4.78, 5) is 66.9. The van der Waals surface area contributed by atoms with E-state index >= 15 is 0 Å². The topological polar surface area (TPSA) is 302 Å². The molecular weight excluding hydrogens is 2690 g/mol. The molecule has 4 N–H and O–H groups in total. The smallest absolute Gasteiger partial charge is 0.354 e. The molecule has 0 amide bonds. The molecule has 18 aromatic rings. The Hall–Kier alpha value is -12.7. The molecule has 22 nitrogen and oxygen atoms in total. The fraction of sp³-hybridized carbons (Fsp3) is 0.0693. The first-order valence-corrected chi connectivity index (χ1v) is 38.1. The monoisotopic (exact) mass is 2780 g/mol. The van der Waals surface area contributed by atoms with Crippen LogP contribution in [0.4, 0.5) is 0 Å². The third-order valence-corrected chi connectivity index (χ3v) is 16.3. The Morgan fingerprint density at radius 1 is 0.364 bits per heavy atom. The fourth-order valence-corrected chi connectivity index (χ4v) is 10.6. The van der Waals surface area contributed by atoms with Gasteiger partial charge in [-0.15, -0.1) is 36.4 Å². The van der Waals surface area contributed by atoms with Crippen molar-refractivity contribution in [3.8, 4) is 91.3 Å². The van der Waals surface area contributed by atoms with Crippen molar-refractivity contribution in [1.82, 2.24) is 53.6 Å². The predicted molar refractivity (Wildman–Crippen MR) is 476 cm³/mol. The number of aliphatic hydroxyl groups is 1. The number of aliphatic imine (C=N–C) groups is 1. The van der Waals surface area contributed by atoms with Crippen LogP contribution in [0, 0.1) is 64.1 Å². The van der Waals surface area contributed by atoms with Crippen LogP contribution in [0.3, 0.4) is 0 Å². The van der Waals surface area contributed by atoms with E-state index in [9.17, 15) is 14.4 Å². The summed E-state index contributed by atoms with van der Waals surface area (Å²) in [6, 6.07) is 108. The Morgan fingerprint density at radius 3 is 0.961 bits per heavy atom. The molecule has 14 heterocycles. The number of phenols is 1. The molecule has 18 rings (SSSR count). The van der Waals surface area contributed by atoms with Crippen molar-refractivity contribution in [2.24, 2.45) is 4.99 Å². The number of allylic oxidation sites excluding steroid dienone is 2. The van der Waals surface area contributed by atoms with E-state index in [1.165, 1.54) is 44.4 Å². The Morgan fingerprint density at radius 2 is 0.698 bits per heavy atom. The van der Waals surface area contributed by atoms with Crippen molar-refractivity contribution in [1.29, 1.82) is 0 Å². The summed E-state index contributed by atoms with van der Waals surface area (Å²) in [7, 11) is 1.67. The molecule has 14 aromatic heterocycles. The van der Waals surface area contributed by atoms with E-state index in [0.29, 0.717) is 17.3 Å². The molecule has 0 spiro atoms. The van der Waals surface area contributed by atoms with Crippen LogP contribution >= 0.6 is 0 Å². The number of carboxylic acids is 2. The summed E-state index contributed by atoms with van der Waals surface area (Å²) in [6.45, 7) is 10.7. The molecule has 6 radical (unpaired) electrons. The van der Waals surface area contributed by atoms with Gasteiger partial charge in [-0.25, -0.2) is 19.6 Å². The average Bonchev–Trinajstić information content (AvgIpc) is 1.71. The number of aliphatic hydroxyl groups excluding tert-OH is 1. The molecule has 0 saturated heterocycles. The van der Waals surface area contributed by atoms with Crippen LogP contribution in [0.5, 0.6) is 5.75 Å². The van der Waals surface area contributed by atoms with Crippen molar-refractivity contribution >= 4 is 23.9 Å². The number of pyridine rings is 8. The summed E-state index contributed by atoms with van der Waals surface area (Å²) >= 11 is 0. The van der Waals surface area contributed by atoms with E-state index in [1.54, 1.807) is 86.8 Å². The van der Waals surface area contributed by atoms with Crippen LogP contribution in [0.1, 0.15) is 63.0 Å². The summed E-state index contributed by atoms with van der Waals surface area (Å²) in [5, 5.41) is 34.2. The minimum Gasteiger partial charge on any atom is -0.545 e. The van der Waals surface area contributed by atoms with E-state index in [4.69, 9.17) is 33.7 Å². The molecule has 670 valence electrons. The van der Waals surface area contributed by atoms with Crippen molar-refractivity contribution < 1.29 is 169 Å². The molecule has 0 atom stereocenters. The zero-order valence-corrected chi connectivity index (χ0v) is 84.7. The SMILES string of the molecule is CC(=O)C=C(C)O.CN=Cc1ccccc1O.Cc1c[c-]c(-c2ccccn2)o1.Cc1c[c-]c(-c2ccccn2)o1.Cc1ccc(-c2[c-]ccn2-c2ccccc2)nc1.Cc1ccc(-c2[c-]ccn2-c2ccccc2)nc1.O=C(O)c1ccccn1.O=C(O)c1ccccn1.[Ir].[Ir].[Ir].[Ir].[Ir].[Ir].[c-]1ccn(-c2ccccc2)c1-c1ccccn1.[c-]1ccoc1-c1ccccn1. The number of para-hydroxylation sites is 4. The van der Waals surface area contributed by atoms with Crippen molar-refractivity contribution in [2.75, 3.05) is 7.05 Å². The summed E-state index contributed by atoms with van der Waals surface area (Å²) in [5.74, 6) is 2.03. The van der Waals surface area contributed by atoms with Gasteiger partial charge in [0.15, 0.2) is 5.78 Å². The van der Waals surface area contributed by atoms with E-state index < -0.39 is 11.9 Å². The molecule has 0 fully saturated rings. The predicted octanol–water partition coefficient (Wildman–Crippen LogP) is 21.7. The zero-order valence-electron chi connectivity index (χ0n) is 70.3. The van der Waals surface area contributed by atoms with Crippen LogP contribution < -0.4 is 0 Å². The number of carbonyl (C=O) groups is 3. The molecule has 0 aliphatic heterocycles. The van der Waals surface area contributed by atoms with Crippen LogP contribution in [0.15, 0.2) is 390 Å². The standard InChI is InChI=1S/2C16H13N2.C15H11N2.2C10H8NO.C9H6NO.C8H9NO.2C6H5NO2.C5H8O2.6Ir/c2*1-13-9-10-15(17-12-13)16-8-5-11-18(16)14-6-3-2-4-7-14;1-2-7-13(8-3-1)17-12-6-10-15(17)14-9-4-5-11-16-14;2*1-8-5-6-10(12-8)9-4-2-3-7-11-9;1-2-6-10-8(4-1)9-5-3-7-11-9;1-9-6-7-4-2-3-5-8(7)10;2*8-6(9)5-3-1-2-4-7-5;1-4(6)3-5(2)7;;;;;;/h2*2-7,9-12H,1H3;1-9,11-12H;2*2-5,7H,1H3;1-4,6-7H;2-6,10H,1H3;2*1-4H,(H,8,9);3,6H,1-2H3;;;;;;/q6*-1;;;;;;;;;;. The van der Waals surface area contributed by atoms with Crippen LogP contribution in [-0.4, -0.2) is 105 Å². The van der Waals surface area contributed by atoms with Gasteiger partial charge in [0.2, 0.25) is 0 Å². The number of benzene rings is 4. The van der Waals surface area contributed by atoms with Crippen molar-refractivity contribution in [2.45, 2.75) is 41.5 Å². The summed E-state index contributed by atoms with van der Waals surface area (Å²) in [6.07, 6.45) is 24.0. The molecule has 0 unspecified atom stereocenters. The maximum atomic E-state index is 10.1. The van der Waals surface area contributed by atoms with Crippen LogP contribution in [-0.2, 0) is 125 Å². The van der Waals surface area contributed by atoms with Gasteiger partial charge in [-0.1, -0.05) is 201 Å². The van der Waals surface area contributed by atoms with Crippen molar-refractivity contribution in [3.63, 3.8) is 0 Å². The van der Waals surface area contributed by atoms with Gasteiger partial charge in [-0.05, 0) is 171 Å². The maximum absolute atomic E-state index is 10.1. The fourth-order valence-electron chi connectivity index (χ4n) is 10.6. The summed E-state index contributed by atoms with van der Waals surface area (Å²) < 4.78 is 22.1. The molecular formula is C101H86Ir6N12O10-6. The van der Waals surface area contributed by atoms with Gasteiger partial charge in [0.25, 0.3) is 0 Å². The van der Waals surface area contributed by atoms with Crippen LogP contribution in [0.25, 0.3) is 85.6 Å². The number of hydrogen-bond acceptors (Lipinski definition) is 17. The second-order valence-electron chi connectivity index (χ2n) is 25.8. The first-order chi connectivity index (χ1) is 59.9. The molecule has 4 aromatic carbocycles. The molecule has 0 aliphatic carbocycles. The number of furan rings is 3. The quantitative estimate of drug-likeness (QED) is 0.0361. The molecule has 28 heteroatoms. The van der Waals surface area contributed by atoms with E-state index in [1.807, 2.05) is 241 Å². The van der Waals surface area contributed by atoms with Gasteiger partial charge >= 0.3 is 11.9 Å². The van der Waals surface area contributed by atoms with Gasteiger partial charge in [0, 0.05) is 247 Å². The summed E-state index contributed by atoms with van der Waals surface area (Å²) in [5.41, 5.74) is 14.8. The number of carboxylic acid groups (broad SMARTS) is 2. The van der Waals surface area contributed by atoms with Gasteiger partial charge in [-0.3, -0.25) is 9.79 Å². The zero-order chi connectivity index (χ0) is 87.2. The number of ketones is 1. The number of aromatic nitrogens is 11. The number of aromatic carboxylic acids is 2. The number of nitrogens with zero attached hydrogens (tertiary/aromatic N) is 12. The second kappa shape index (κ2) is 61.6. The average molecular weight is 2780 g/mol. The molecule has 0 aliphatic rings. The number of aryl methyl sites for hydroxylation is 4. The largest absolute Gasteiger partial charge is 0.545 e. The molecule has 0 saturated carbocycles. The first kappa shape index (κ1) is 110. The minimum absolute atomic E-state index is 0. The minimum atomic E-state index is -0.990. The number of carbonyl (C=O) groups excluding carboxylic acids is 1. The Balaban J connectivity index is 0.000000372. The molecule has 129 heavy (non-hydrogen) atoms. The first-order valence-electron chi connectivity index (χ1n) is 38.1. The Kier molecular flexibility index (Phi) is 52.8. The normalized spacial score (nSPS) is 9.68. The number of rotatable bonds is 13. The van der Waals surface area contributed by atoms with Gasteiger partial charge in [0.1, 0.15) is 17.1 Å². The maximum Gasteiger partial charge on any atom is 0.354 e. The van der Waals surface area contributed by atoms with E-state index in [2.05, 4.69) is 143 Å². The Labute approximate surface area is 830 Å². The van der Waals surface area contributed by atoms with Crippen molar-refractivity contribution in [3.05, 3.63) is 447 Å². The number of phenolic OH excluding ortho intramolecular Hbond substituents is 1. The van der Waals surface area contributed by atoms with Gasteiger partial charge < -0.3 is 77.3 Å². The number of aromatic hydroxyl groups is 1. The Bertz CT molecular complexity index is 5830. The molecule has 0 bridgehead atoms. The third-order valence-electron chi connectivity index (χ3n) is 16.3. The van der Waals surface area contributed by atoms with Gasteiger partial charge in [-0.2, -0.15) is 36.4 Å². The van der Waals surface area contributed by atoms with Gasteiger partial charge in [0.05, 0.1) is 5.76 Å². The number of hydrogen-bond donors (Lipinski definition) is 4. The third kappa shape index (κ3) is 38.4.